The van der Waals surface area contributed by atoms with Gasteiger partial charge in [-0.2, -0.15) is 0 Å². The second kappa shape index (κ2) is 32.0. The van der Waals surface area contributed by atoms with Crippen molar-refractivity contribution in [3.8, 4) is 5.75 Å². The van der Waals surface area contributed by atoms with E-state index in [0.717, 1.165) is 12.8 Å². The summed E-state index contributed by atoms with van der Waals surface area (Å²) in [5.41, 5.74) is 4.10. The average Bonchev–Trinajstić information content (AvgIpc) is 3.03. The van der Waals surface area contributed by atoms with Gasteiger partial charge >= 0.3 is 0 Å². The summed E-state index contributed by atoms with van der Waals surface area (Å²) < 4.78 is 0. The summed E-state index contributed by atoms with van der Waals surface area (Å²) in [6.45, 7) is 6.85. The lowest BCUT2D eigenvalue weighted by Crippen LogP contribution is -1.99. The number of hydrogen-bond donors (Lipinski definition) is 1. The molecule has 0 aliphatic carbocycles. The van der Waals surface area contributed by atoms with Gasteiger partial charge in [0.25, 0.3) is 0 Å². The van der Waals surface area contributed by atoms with Crippen molar-refractivity contribution >= 4 is 0 Å². The summed E-state index contributed by atoms with van der Waals surface area (Å²) in [6, 6.07) is 4.07. The van der Waals surface area contributed by atoms with Crippen LogP contribution in [0.5, 0.6) is 5.75 Å². The van der Waals surface area contributed by atoms with Gasteiger partial charge in [-0.05, 0) is 55.4 Å². The summed E-state index contributed by atoms with van der Waals surface area (Å²) in [5.74, 6) is 0.544. The molecule has 0 heterocycles. The molecule has 0 spiro atoms. The van der Waals surface area contributed by atoms with Crippen LogP contribution < -0.4 is 0 Å². The SMILES string of the molecule is CCCCCCCCCCCCCCCCCCc1c(C)ccc(O)c1CCCCCCCCCCCCCCCCCC. The van der Waals surface area contributed by atoms with E-state index in [4.69, 9.17) is 0 Å². The molecule has 0 aromatic heterocycles. The van der Waals surface area contributed by atoms with Gasteiger partial charge in [0.05, 0.1) is 0 Å². The van der Waals surface area contributed by atoms with E-state index in [1.54, 1.807) is 0 Å². The lowest BCUT2D eigenvalue weighted by atomic mass is 9.92. The van der Waals surface area contributed by atoms with Crippen molar-refractivity contribution in [2.24, 2.45) is 0 Å². The minimum atomic E-state index is 0.544. The van der Waals surface area contributed by atoms with Crippen LogP contribution in [0.2, 0.25) is 0 Å². The van der Waals surface area contributed by atoms with Crippen LogP contribution in [0.4, 0.5) is 0 Å². The first-order valence-electron chi connectivity index (χ1n) is 20.5. The number of phenolic OH excluding ortho intramolecular Hbond substituents is 1. The van der Waals surface area contributed by atoms with E-state index < -0.39 is 0 Å². The Bertz CT molecular complexity index is 661. The molecule has 1 heteroatoms. The Morgan fingerprint density at radius 3 is 0.886 bits per heavy atom. The van der Waals surface area contributed by atoms with Gasteiger partial charge in [-0.3, -0.25) is 0 Å². The van der Waals surface area contributed by atoms with Gasteiger partial charge in [0.15, 0.2) is 0 Å². The molecule has 0 unspecified atom stereocenters. The third-order valence-electron chi connectivity index (χ3n) is 10.2. The van der Waals surface area contributed by atoms with E-state index in [0.29, 0.717) is 5.75 Å². The molecule has 0 bridgehead atoms. The van der Waals surface area contributed by atoms with Crippen LogP contribution >= 0.6 is 0 Å². The second-order valence-electron chi connectivity index (χ2n) is 14.5. The number of phenols is 1. The van der Waals surface area contributed by atoms with Crippen LogP contribution in [-0.4, -0.2) is 5.11 Å². The van der Waals surface area contributed by atoms with Crippen LogP contribution in [0, 0.1) is 6.92 Å². The maximum absolute atomic E-state index is 10.7. The molecule has 0 radical (unpaired) electrons. The Hall–Kier alpha value is -0.980. The zero-order valence-corrected chi connectivity index (χ0v) is 30.6. The molecular weight excluding hydrogens is 532 g/mol. The lowest BCUT2D eigenvalue weighted by molar-refractivity contribution is 0.463. The fourth-order valence-electron chi connectivity index (χ4n) is 7.12. The predicted molar refractivity (Wildman–Crippen MR) is 199 cm³/mol. The van der Waals surface area contributed by atoms with Crippen LogP contribution in [0.3, 0.4) is 0 Å². The maximum Gasteiger partial charge on any atom is 0.119 e. The third-order valence-corrected chi connectivity index (χ3v) is 10.2. The van der Waals surface area contributed by atoms with Crippen molar-refractivity contribution in [3.63, 3.8) is 0 Å². The van der Waals surface area contributed by atoms with E-state index in [-0.39, 0.29) is 0 Å². The average molecular weight is 613 g/mol. The number of rotatable bonds is 34. The molecule has 1 nitrogen and oxygen atoms in total. The van der Waals surface area contributed by atoms with Crippen molar-refractivity contribution in [1.29, 1.82) is 0 Å². The highest BCUT2D eigenvalue weighted by molar-refractivity contribution is 5.44. The van der Waals surface area contributed by atoms with Crippen LogP contribution in [0.1, 0.15) is 236 Å². The number of aromatic hydroxyl groups is 1. The molecular formula is C43H80O. The van der Waals surface area contributed by atoms with Crippen LogP contribution in [0.15, 0.2) is 12.1 Å². The molecule has 0 aliphatic heterocycles. The molecule has 0 aliphatic rings. The maximum atomic E-state index is 10.7. The highest BCUT2D eigenvalue weighted by Gasteiger charge is 2.11. The van der Waals surface area contributed by atoms with E-state index in [1.807, 2.05) is 6.07 Å². The van der Waals surface area contributed by atoms with E-state index >= 15 is 0 Å². The monoisotopic (exact) mass is 613 g/mol. The molecule has 0 saturated heterocycles. The molecule has 1 aromatic rings. The Labute approximate surface area is 278 Å². The largest absolute Gasteiger partial charge is 0.508 e. The normalized spacial score (nSPS) is 11.5. The van der Waals surface area contributed by atoms with Gasteiger partial charge in [-0.1, -0.05) is 213 Å². The van der Waals surface area contributed by atoms with E-state index in [1.165, 1.54) is 222 Å². The van der Waals surface area contributed by atoms with Crippen LogP contribution in [-0.2, 0) is 12.8 Å². The second-order valence-corrected chi connectivity index (χ2v) is 14.5. The van der Waals surface area contributed by atoms with E-state index in [9.17, 15) is 5.11 Å². The number of unbranched alkanes of at least 4 members (excludes halogenated alkanes) is 30. The van der Waals surface area contributed by atoms with Gasteiger partial charge in [-0.25, -0.2) is 0 Å². The Morgan fingerprint density at radius 2 is 0.591 bits per heavy atom. The lowest BCUT2D eigenvalue weighted by Gasteiger charge is -2.15. The molecule has 258 valence electrons. The van der Waals surface area contributed by atoms with Gasteiger partial charge < -0.3 is 5.11 Å². The first-order chi connectivity index (χ1) is 21.7. The number of aryl methyl sites for hydroxylation is 1. The minimum absolute atomic E-state index is 0.544. The van der Waals surface area contributed by atoms with Crippen molar-refractivity contribution < 1.29 is 5.11 Å². The summed E-state index contributed by atoms with van der Waals surface area (Å²) in [4.78, 5) is 0. The standard InChI is InChI=1S/C43H80O/c1-4-6-8-10-12-14-16-18-20-22-24-26-28-30-32-34-36-41-40(3)38-39-43(44)42(41)37-35-33-31-29-27-25-23-21-19-17-15-13-11-9-7-5-2/h38-39,44H,4-37H2,1-3H3. The van der Waals surface area contributed by atoms with Crippen molar-refractivity contribution in [2.45, 2.75) is 239 Å². The van der Waals surface area contributed by atoms with Crippen molar-refractivity contribution in [2.75, 3.05) is 0 Å². The number of benzene rings is 1. The molecule has 0 fully saturated rings. The van der Waals surface area contributed by atoms with Crippen LogP contribution in [0.25, 0.3) is 0 Å². The summed E-state index contributed by atoms with van der Waals surface area (Å²) in [7, 11) is 0. The molecule has 1 aromatic carbocycles. The Morgan fingerprint density at radius 1 is 0.341 bits per heavy atom. The highest BCUT2D eigenvalue weighted by Crippen LogP contribution is 2.28. The van der Waals surface area contributed by atoms with Gasteiger partial charge in [0.2, 0.25) is 0 Å². The molecule has 0 amide bonds. The fraction of sp³-hybridized carbons (Fsp3) is 0.860. The summed E-state index contributed by atoms with van der Waals surface area (Å²) in [5, 5.41) is 10.7. The third kappa shape index (κ3) is 24.3. The van der Waals surface area contributed by atoms with Gasteiger partial charge in [0, 0.05) is 0 Å². The molecule has 0 atom stereocenters. The molecule has 1 N–H and O–H groups in total. The highest BCUT2D eigenvalue weighted by atomic mass is 16.3. The number of hydrogen-bond acceptors (Lipinski definition) is 1. The predicted octanol–water partition coefficient (Wildman–Crippen LogP) is 15.3. The van der Waals surface area contributed by atoms with E-state index in [2.05, 4.69) is 26.8 Å². The molecule has 44 heavy (non-hydrogen) atoms. The Kier molecular flexibility index (Phi) is 29.8. The quantitative estimate of drug-likeness (QED) is 0.0768. The van der Waals surface area contributed by atoms with Crippen molar-refractivity contribution in [1.82, 2.24) is 0 Å². The summed E-state index contributed by atoms with van der Waals surface area (Å²) in [6.07, 6.45) is 47.4. The molecule has 0 saturated carbocycles. The Balaban J connectivity index is 2.02. The smallest absolute Gasteiger partial charge is 0.119 e. The first kappa shape index (κ1) is 41.0. The van der Waals surface area contributed by atoms with Gasteiger partial charge in [-0.15, -0.1) is 0 Å². The van der Waals surface area contributed by atoms with Crippen molar-refractivity contribution in [3.05, 3.63) is 28.8 Å². The molecule has 1 rings (SSSR count). The minimum Gasteiger partial charge on any atom is -0.508 e. The summed E-state index contributed by atoms with van der Waals surface area (Å²) >= 11 is 0. The zero-order chi connectivity index (χ0) is 31.8. The van der Waals surface area contributed by atoms with Gasteiger partial charge in [0.1, 0.15) is 5.75 Å². The fourth-order valence-corrected chi connectivity index (χ4v) is 7.12. The first-order valence-corrected chi connectivity index (χ1v) is 20.5. The zero-order valence-electron chi connectivity index (χ0n) is 30.6. The topological polar surface area (TPSA) is 20.2 Å².